The predicted octanol–water partition coefficient (Wildman–Crippen LogP) is 3.99. The third-order valence-corrected chi connectivity index (χ3v) is 3.87. The van der Waals surface area contributed by atoms with E-state index < -0.39 is 0 Å². The predicted molar refractivity (Wildman–Crippen MR) is 64.5 cm³/mol. The van der Waals surface area contributed by atoms with E-state index in [1.807, 2.05) is 0 Å². The summed E-state index contributed by atoms with van der Waals surface area (Å²) in [5, 5.41) is 9.18. The molecule has 0 N–H and O–H groups in total. The quantitative estimate of drug-likeness (QED) is 0.792. The Labute approximate surface area is 99.2 Å². The third-order valence-electron chi connectivity index (χ3n) is 3.38. The summed E-state index contributed by atoms with van der Waals surface area (Å²) < 4.78 is 1.11. The minimum atomic E-state index is -0.0570. The topological polar surface area (TPSA) is 23.8 Å². The molecule has 1 aromatic carbocycles. The fourth-order valence-corrected chi connectivity index (χ4v) is 2.63. The van der Waals surface area contributed by atoms with E-state index >= 15 is 0 Å². The van der Waals surface area contributed by atoms with Gasteiger partial charge in [-0.25, -0.2) is 0 Å². The van der Waals surface area contributed by atoms with E-state index in [4.69, 9.17) is 0 Å². The van der Waals surface area contributed by atoms with Crippen molar-refractivity contribution in [2.75, 3.05) is 0 Å². The van der Waals surface area contributed by atoms with Crippen LogP contribution in [0.15, 0.2) is 22.7 Å². The minimum Gasteiger partial charge on any atom is -0.198 e. The first-order valence-corrected chi connectivity index (χ1v) is 6.11. The van der Waals surface area contributed by atoms with Crippen molar-refractivity contribution < 1.29 is 0 Å². The lowest BCUT2D eigenvalue weighted by Gasteiger charge is -2.35. The van der Waals surface area contributed by atoms with Gasteiger partial charge in [0, 0.05) is 4.47 Å². The SMILES string of the molecule is Cc1cc(Br)ccc1CC1(C#N)CCC1. The second kappa shape index (κ2) is 3.98. The molecule has 0 unspecified atom stereocenters. The van der Waals surface area contributed by atoms with Gasteiger partial charge in [-0.2, -0.15) is 5.26 Å². The summed E-state index contributed by atoms with van der Waals surface area (Å²) in [6.45, 7) is 2.11. The zero-order valence-corrected chi connectivity index (χ0v) is 10.5. The van der Waals surface area contributed by atoms with Crippen LogP contribution in [-0.2, 0) is 6.42 Å². The Balaban J connectivity index is 2.21. The van der Waals surface area contributed by atoms with Crippen LogP contribution in [0.1, 0.15) is 30.4 Å². The van der Waals surface area contributed by atoms with Gasteiger partial charge >= 0.3 is 0 Å². The number of halogens is 1. The van der Waals surface area contributed by atoms with Crippen molar-refractivity contribution in [1.29, 1.82) is 5.26 Å². The van der Waals surface area contributed by atoms with Gasteiger partial charge in [-0.05, 0) is 49.4 Å². The van der Waals surface area contributed by atoms with Crippen LogP contribution in [0, 0.1) is 23.7 Å². The monoisotopic (exact) mass is 263 g/mol. The van der Waals surface area contributed by atoms with Crippen molar-refractivity contribution in [1.82, 2.24) is 0 Å². The van der Waals surface area contributed by atoms with Gasteiger partial charge in [0.25, 0.3) is 0 Å². The molecule has 1 fully saturated rings. The summed E-state index contributed by atoms with van der Waals surface area (Å²) in [6, 6.07) is 8.81. The smallest absolute Gasteiger partial charge is 0.0693 e. The molecule has 15 heavy (non-hydrogen) atoms. The summed E-state index contributed by atoms with van der Waals surface area (Å²) in [7, 11) is 0. The Kier molecular flexibility index (Phi) is 2.84. The van der Waals surface area contributed by atoms with E-state index in [0.29, 0.717) is 0 Å². The van der Waals surface area contributed by atoms with Crippen LogP contribution in [0.2, 0.25) is 0 Å². The second-order valence-corrected chi connectivity index (χ2v) is 5.41. The number of nitriles is 1. The van der Waals surface area contributed by atoms with Crippen LogP contribution in [0.25, 0.3) is 0 Å². The van der Waals surface area contributed by atoms with Crippen molar-refractivity contribution in [3.63, 3.8) is 0 Å². The highest BCUT2D eigenvalue weighted by Gasteiger charge is 2.37. The van der Waals surface area contributed by atoms with Crippen LogP contribution in [0.3, 0.4) is 0 Å². The third kappa shape index (κ3) is 2.08. The van der Waals surface area contributed by atoms with Gasteiger partial charge in [0.05, 0.1) is 11.5 Å². The lowest BCUT2D eigenvalue weighted by Crippen LogP contribution is -2.30. The molecule has 2 rings (SSSR count). The lowest BCUT2D eigenvalue weighted by atomic mass is 9.66. The first-order valence-electron chi connectivity index (χ1n) is 5.31. The van der Waals surface area contributed by atoms with Crippen molar-refractivity contribution in [3.8, 4) is 6.07 Å². The average Bonchev–Trinajstić information content (AvgIpc) is 2.14. The van der Waals surface area contributed by atoms with Gasteiger partial charge in [0.15, 0.2) is 0 Å². The Hall–Kier alpha value is -0.810. The Morgan fingerprint density at radius 3 is 2.67 bits per heavy atom. The van der Waals surface area contributed by atoms with Crippen molar-refractivity contribution in [2.45, 2.75) is 32.6 Å². The molecule has 1 nitrogen and oxygen atoms in total. The van der Waals surface area contributed by atoms with Crippen LogP contribution in [0.4, 0.5) is 0 Å². The van der Waals surface area contributed by atoms with E-state index in [9.17, 15) is 5.26 Å². The molecule has 2 heteroatoms. The number of hydrogen-bond acceptors (Lipinski definition) is 1. The molecule has 1 aromatic rings. The Bertz CT molecular complexity index is 413. The van der Waals surface area contributed by atoms with Crippen LogP contribution >= 0.6 is 15.9 Å². The molecule has 0 amide bonds. The molecule has 78 valence electrons. The zero-order chi connectivity index (χ0) is 10.9. The Morgan fingerprint density at radius 2 is 2.20 bits per heavy atom. The van der Waals surface area contributed by atoms with Crippen molar-refractivity contribution in [3.05, 3.63) is 33.8 Å². The number of aryl methyl sites for hydroxylation is 1. The maximum atomic E-state index is 9.18. The van der Waals surface area contributed by atoms with Gasteiger partial charge < -0.3 is 0 Å². The summed E-state index contributed by atoms with van der Waals surface area (Å²) in [5.41, 5.74) is 2.55. The number of benzene rings is 1. The molecule has 0 saturated heterocycles. The van der Waals surface area contributed by atoms with Crippen LogP contribution < -0.4 is 0 Å². The molecule has 0 atom stereocenters. The maximum Gasteiger partial charge on any atom is 0.0693 e. The molecule has 0 bridgehead atoms. The molecule has 1 saturated carbocycles. The second-order valence-electron chi connectivity index (χ2n) is 4.49. The number of hydrogen-bond donors (Lipinski definition) is 0. The zero-order valence-electron chi connectivity index (χ0n) is 8.89. The van der Waals surface area contributed by atoms with Gasteiger partial charge in [-0.1, -0.05) is 28.4 Å². The molecule has 1 aliphatic rings. The maximum absolute atomic E-state index is 9.18. The standard InChI is InChI=1S/C13H14BrN/c1-10-7-12(14)4-3-11(10)8-13(9-15)5-2-6-13/h3-4,7H,2,5-6,8H2,1H3. The minimum absolute atomic E-state index is 0.0570. The van der Waals surface area contributed by atoms with Gasteiger partial charge in [0.1, 0.15) is 0 Å². The van der Waals surface area contributed by atoms with E-state index in [2.05, 4.69) is 47.1 Å². The van der Waals surface area contributed by atoms with Crippen molar-refractivity contribution in [2.24, 2.45) is 5.41 Å². The van der Waals surface area contributed by atoms with E-state index in [0.717, 1.165) is 23.7 Å². The molecular formula is C13H14BrN. The summed E-state index contributed by atoms with van der Waals surface area (Å²) in [4.78, 5) is 0. The highest BCUT2D eigenvalue weighted by atomic mass is 79.9. The van der Waals surface area contributed by atoms with Crippen molar-refractivity contribution >= 4 is 15.9 Å². The number of rotatable bonds is 2. The largest absolute Gasteiger partial charge is 0.198 e. The molecule has 0 spiro atoms. The van der Waals surface area contributed by atoms with E-state index in [1.54, 1.807) is 0 Å². The molecule has 0 aliphatic heterocycles. The fraction of sp³-hybridized carbons (Fsp3) is 0.462. The summed E-state index contributed by atoms with van der Waals surface area (Å²) in [6.07, 6.45) is 4.27. The molecule has 0 radical (unpaired) electrons. The van der Waals surface area contributed by atoms with E-state index in [1.165, 1.54) is 17.5 Å². The molecule has 0 aromatic heterocycles. The van der Waals surface area contributed by atoms with E-state index in [-0.39, 0.29) is 5.41 Å². The highest BCUT2D eigenvalue weighted by molar-refractivity contribution is 9.10. The average molecular weight is 264 g/mol. The van der Waals surface area contributed by atoms with Crippen LogP contribution in [0.5, 0.6) is 0 Å². The molecule has 1 aliphatic carbocycles. The lowest BCUT2D eigenvalue weighted by molar-refractivity contribution is 0.214. The van der Waals surface area contributed by atoms with Gasteiger partial charge in [0.2, 0.25) is 0 Å². The number of nitrogens with zero attached hydrogens (tertiary/aromatic N) is 1. The summed E-state index contributed by atoms with van der Waals surface area (Å²) in [5.74, 6) is 0. The first-order chi connectivity index (χ1) is 7.15. The fourth-order valence-electron chi connectivity index (χ4n) is 2.15. The normalized spacial score (nSPS) is 17.9. The van der Waals surface area contributed by atoms with Crippen LogP contribution in [-0.4, -0.2) is 0 Å². The summed E-state index contributed by atoms with van der Waals surface area (Å²) >= 11 is 3.46. The molecule has 0 heterocycles. The van der Waals surface area contributed by atoms with Gasteiger partial charge in [-0.15, -0.1) is 0 Å². The van der Waals surface area contributed by atoms with Gasteiger partial charge in [-0.3, -0.25) is 0 Å². The highest BCUT2D eigenvalue weighted by Crippen LogP contribution is 2.43. The first kappa shape index (κ1) is 10.7. The molecular weight excluding hydrogens is 250 g/mol. The Morgan fingerprint density at radius 1 is 1.47 bits per heavy atom.